The molecule has 1 aliphatic heterocycles. The van der Waals surface area contributed by atoms with Crippen molar-refractivity contribution in [3.05, 3.63) is 0 Å². The minimum absolute atomic E-state index is 0.0672. The lowest BCUT2D eigenvalue weighted by atomic mass is 9.98. The van der Waals surface area contributed by atoms with Gasteiger partial charge < -0.3 is 10.6 Å². The number of hydrogen-bond donors (Lipinski definition) is 2. The van der Waals surface area contributed by atoms with Crippen LogP contribution in [0.15, 0.2) is 0 Å². The third kappa shape index (κ3) is 2.97. The van der Waals surface area contributed by atoms with Crippen molar-refractivity contribution in [2.75, 3.05) is 6.54 Å². The molecule has 92 valence electrons. The molecular weight excluding hydrogens is 200 g/mol. The van der Waals surface area contributed by atoms with Gasteiger partial charge in [0.15, 0.2) is 0 Å². The van der Waals surface area contributed by atoms with E-state index in [4.69, 9.17) is 0 Å². The zero-order valence-corrected chi connectivity index (χ0v) is 10.3. The summed E-state index contributed by atoms with van der Waals surface area (Å²) in [6, 6.07) is 0.427. The van der Waals surface area contributed by atoms with E-state index in [9.17, 15) is 4.79 Å². The molecule has 1 heterocycles. The van der Waals surface area contributed by atoms with E-state index in [-0.39, 0.29) is 11.9 Å². The van der Waals surface area contributed by atoms with Gasteiger partial charge in [-0.15, -0.1) is 0 Å². The summed E-state index contributed by atoms with van der Waals surface area (Å²) in [4.78, 5) is 12.0. The molecule has 0 spiro atoms. The summed E-state index contributed by atoms with van der Waals surface area (Å²) in [5.41, 5.74) is 0. The van der Waals surface area contributed by atoms with Crippen molar-refractivity contribution in [3.8, 4) is 0 Å². The number of amides is 1. The Hall–Kier alpha value is -0.570. The van der Waals surface area contributed by atoms with Crippen LogP contribution in [0, 0.1) is 5.92 Å². The first-order chi connectivity index (χ1) is 7.77. The molecule has 0 radical (unpaired) electrons. The van der Waals surface area contributed by atoms with Crippen molar-refractivity contribution in [2.24, 2.45) is 5.92 Å². The Labute approximate surface area is 98.4 Å². The van der Waals surface area contributed by atoms with Gasteiger partial charge in [0.25, 0.3) is 0 Å². The van der Waals surface area contributed by atoms with E-state index >= 15 is 0 Å². The van der Waals surface area contributed by atoms with Crippen LogP contribution in [0.25, 0.3) is 0 Å². The van der Waals surface area contributed by atoms with Crippen LogP contribution >= 0.6 is 0 Å². The molecule has 1 saturated heterocycles. The lowest BCUT2D eigenvalue weighted by Crippen LogP contribution is -2.50. The van der Waals surface area contributed by atoms with Gasteiger partial charge in [-0.3, -0.25) is 4.79 Å². The third-order valence-electron chi connectivity index (χ3n) is 4.10. The molecule has 3 nitrogen and oxygen atoms in total. The third-order valence-corrected chi connectivity index (χ3v) is 4.10. The Morgan fingerprint density at radius 2 is 1.88 bits per heavy atom. The highest BCUT2D eigenvalue weighted by Crippen LogP contribution is 2.27. The molecule has 2 fully saturated rings. The Morgan fingerprint density at radius 3 is 2.50 bits per heavy atom. The highest BCUT2D eigenvalue weighted by atomic mass is 16.2. The minimum Gasteiger partial charge on any atom is -0.352 e. The molecule has 16 heavy (non-hydrogen) atoms. The number of carbonyl (C=O) groups is 1. The summed E-state index contributed by atoms with van der Waals surface area (Å²) in [5, 5.41) is 6.49. The first-order valence-corrected chi connectivity index (χ1v) is 6.81. The van der Waals surface area contributed by atoms with Gasteiger partial charge in [0.05, 0.1) is 6.04 Å². The van der Waals surface area contributed by atoms with E-state index in [1.165, 1.54) is 38.5 Å². The smallest absolute Gasteiger partial charge is 0.237 e. The molecule has 1 aliphatic carbocycles. The van der Waals surface area contributed by atoms with Crippen molar-refractivity contribution in [1.82, 2.24) is 10.6 Å². The van der Waals surface area contributed by atoms with Crippen molar-refractivity contribution in [2.45, 2.75) is 64.0 Å². The molecule has 0 aromatic rings. The van der Waals surface area contributed by atoms with Crippen LogP contribution in [0.2, 0.25) is 0 Å². The van der Waals surface area contributed by atoms with Crippen LogP contribution in [0.5, 0.6) is 0 Å². The van der Waals surface area contributed by atoms with E-state index in [0.29, 0.717) is 12.0 Å². The van der Waals surface area contributed by atoms with Crippen molar-refractivity contribution in [1.29, 1.82) is 0 Å². The molecule has 2 atom stereocenters. The molecule has 0 bridgehead atoms. The summed E-state index contributed by atoms with van der Waals surface area (Å²) >= 11 is 0. The average Bonchev–Trinajstić information content (AvgIpc) is 2.83. The molecule has 1 saturated carbocycles. The van der Waals surface area contributed by atoms with E-state index in [2.05, 4.69) is 17.6 Å². The molecule has 2 N–H and O–H groups in total. The number of rotatable bonds is 3. The maximum absolute atomic E-state index is 12.0. The van der Waals surface area contributed by atoms with Crippen LogP contribution in [-0.4, -0.2) is 24.5 Å². The van der Waals surface area contributed by atoms with Gasteiger partial charge in [0.1, 0.15) is 0 Å². The Balaban J connectivity index is 1.76. The predicted molar refractivity (Wildman–Crippen MR) is 65.2 cm³/mol. The van der Waals surface area contributed by atoms with Gasteiger partial charge in [0, 0.05) is 6.04 Å². The normalized spacial score (nSPS) is 28.9. The summed E-state index contributed by atoms with van der Waals surface area (Å²) in [5.74, 6) is 0.937. The lowest BCUT2D eigenvalue weighted by Gasteiger charge is -2.26. The summed E-state index contributed by atoms with van der Waals surface area (Å²) in [6.45, 7) is 3.16. The zero-order valence-electron chi connectivity index (χ0n) is 10.3. The molecule has 1 amide bonds. The van der Waals surface area contributed by atoms with Gasteiger partial charge in [-0.25, -0.2) is 0 Å². The molecule has 0 aromatic heterocycles. The maximum atomic E-state index is 12.0. The molecule has 3 heteroatoms. The fourth-order valence-corrected chi connectivity index (χ4v) is 2.98. The highest BCUT2D eigenvalue weighted by Gasteiger charge is 2.26. The monoisotopic (exact) mass is 224 g/mol. The van der Waals surface area contributed by atoms with Gasteiger partial charge in [-0.05, 0) is 45.1 Å². The van der Waals surface area contributed by atoms with Crippen LogP contribution < -0.4 is 10.6 Å². The standard InChI is InChI=1S/C13H24N2O/c1-10(11-6-2-3-7-11)15-13(16)12-8-4-5-9-14-12/h10-12,14H,2-9H2,1H3,(H,15,16)/t10-,12+/m0/s1. The summed E-state index contributed by atoms with van der Waals surface area (Å²) in [6.07, 6.45) is 8.66. The van der Waals surface area contributed by atoms with Crippen LogP contribution in [0.1, 0.15) is 51.9 Å². The molecule has 0 aromatic carbocycles. The van der Waals surface area contributed by atoms with Gasteiger partial charge >= 0.3 is 0 Å². The first-order valence-electron chi connectivity index (χ1n) is 6.81. The number of carbonyl (C=O) groups excluding carboxylic acids is 1. The minimum atomic E-state index is 0.0672. The van der Waals surface area contributed by atoms with Gasteiger partial charge in [0.2, 0.25) is 5.91 Å². The largest absolute Gasteiger partial charge is 0.352 e. The van der Waals surface area contributed by atoms with Crippen LogP contribution in [-0.2, 0) is 4.79 Å². The van der Waals surface area contributed by atoms with E-state index in [1.54, 1.807) is 0 Å². The van der Waals surface area contributed by atoms with Crippen LogP contribution in [0.3, 0.4) is 0 Å². The first kappa shape index (κ1) is 11.9. The number of nitrogens with one attached hydrogen (secondary N) is 2. The SMILES string of the molecule is C[C@H](NC(=O)[C@H]1CCCCN1)C1CCCC1. The molecular formula is C13H24N2O. The average molecular weight is 224 g/mol. The van der Waals surface area contributed by atoms with Crippen molar-refractivity contribution in [3.63, 3.8) is 0 Å². The van der Waals surface area contributed by atoms with Crippen molar-refractivity contribution >= 4 is 5.91 Å². The predicted octanol–water partition coefficient (Wildman–Crippen LogP) is 1.82. The summed E-state index contributed by atoms with van der Waals surface area (Å²) < 4.78 is 0. The topological polar surface area (TPSA) is 41.1 Å². The zero-order chi connectivity index (χ0) is 11.4. The van der Waals surface area contributed by atoms with E-state index < -0.39 is 0 Å². The van der Waals surface area contributed by atoms with E-state index in [0.717, 1.165) is 13.0 Å². The second-order valence-corrected chi connectivity index (χ2v) is 5.34. The summed E-state index contributed by atoms with van der Waals surface area (Å²) in [7, 11) is 0. The number of piperidine rings is 1. The Kier molecular flexibility index (Phi) is 4.22. The Morgan fingerprint density at radius 1 is 1.19 bits per heavy atom. The highest BCUT2D eigenvalue weighted by molar-refractivity contribution is 5.82. The van der Waals surface area contributed by atoms with Crippen LogP contribution in [0.4, 0.5) is 0 Å². The van der Waals surface area contributed by atoms with E-state index in [1.807, 2.05) is 0 Å². The molecule has 2 aliphatic rings. The van der Waals surface area contributed by atoms with Gasteiger partial charge in [-0.1, -0.05) is 19.3 Å². The quantitative estimate of drug-likeness (QED) is 0.768. The van der Waals surface area contributed by atoms with Crippen molar-refractivity contribution < 1.29 is 4.79 Å². The number of hydrogen-bond acceptors (Lipinski definition) is 2. The Bertz CT molecular complexity index is 230. The van der Waals surface area contributed by atoms with Gasteiger partial charge in [-0.2, -0.15) is 0 Å². The second kappa shape index (κ2) is 5.67. The molecule has 2 rings (SSSR count). The fourth-order valence-electron chi connectivity index (χ4n) is 2.98. The fraction of sp³-hybridized carbons (Fsp3) is 0.923. The lowest BCUT2D eigenvalue weighted by molar-refractivity contribution is -0.124. The maximum Gasteiger partial charge on any atom is 0.237 e. The second-order valence-electron chi connectivity index (χ2n) is 5.34. The molecule has 0 unspecified atom stereocenters.